The number of hydrogen-bond acceptors (Lipinski definition) is 4. The highest BCUT2D eigenvalue weighted by molar-refractivity contribution is 7.99. The maximum Gasteiger partial charge on any atom is 0.0783 e. The van der Waals surface area contributed by atoms with Crippen LogP contribution in [0.2, 0.25) is 0 Å². The Bertz CT molecular complexity index is 474. The van der Waals surface area contributed by atoms with E-state index in [0.717, 1.165) is 19.6 Å². The van der Waals surface area contributed by atoms with Crippen molar-refractivity contribution < 1.29 is 4.74 Å². The van der Waals surface area contributed by atoms with Gasteiger partial charge in [0.25, 0.3) is 0 Å². The highest BCUT2D eigenvalue weighted by Crippen LogP contribution is 2.44. The number of hydrogen-bond donors (Lipinski definition) is 1. The number of nitrogens with one attached hydrogen (secondary N) is 1. The van der Waals surface area contributed by atoms with Gasteiger partial charge in [-0.2, -0.15) is 11.8 Å². The fourth-order valence-corrected chi connectivity index (χ4v) is 5.18. The van der Waals surface area contributed by atoms with E-state index >= 15 is 0 Å². The van der Waals surface area contributed by atoms with E-state index < -0.39 is 0 Å². The van der Waals surface area contributed by atoms with E-state index in [1.165, 1.54) is 35.5 Å². The van der Waals surface area contributed by atoms with Crippen molar-refractivity contribution >= 4 is 11.8 Å². The van der Waals surface area contributed by atoms with Crippen LogP contribution < -0.4 is 5.32 Å². The van der Waals surface area contributed by atoms with Crippen LogP contribution in [0.5, 0.6) is 0 Å². The normalized spacial score (nSPS) is 30.7. The van der Waals surface area contributed by atoms with E-state index in [-0.39, 0.29) is 5.60 Å². The van der Waals surface area contributed by atoms with Crippen molar-refractivity contribution in [2.45, 2.75) is 44.8 Å². The van der Waals surface area contributed by atoms with Crippen molar-refractivity contribution in [3.63, 3.8) is 0 Å². The first-order valence-corrected chi connectivity index (χ1v) is 9.25. The fraction of sp³-hybridized carbons (Fsp3) is 0.706. The van der Waals surface area contributed by atoms with E-state index in [9.17, 15) is 0 Å². The molecule has 0 saturated carbocycles. The van der Waals surface area contributed by atoms with E-state index in [1.807, 2.05) is 12.4 Å². The average Bonchev–Trinajstić information content (AvgIpc) is 2.93. The molecule has 3 rings (SSSR count). The third-order valence-electron chi connectivity index (χ3n) is 4.89. The van der Waals surface area contributed by atoms with Crippen molar-refractivity contribution in [1.82, 2.24) is 10.3 Å². The van der Waals surface area contributed by atoms with Crippen LogP contribution in [-0.4, -0.2) is 35.2 Å². The Morgan fingerprint density at radius 2 is 2.48 bits per heavy atom. The smallest absolute Gasteiger partial charge is 0.0783 e. The molecule has 3 heterocycles. The first kappa shape index (κ1) is 15.3. The van der Waals surface area contributed by atoms with Gasteiger partial charge in [0.15, 0.2) is 0 Å². The zero-order chi connectivity index (χ0) is 14.7. The summed E-state index contributed by atoms with van der Waals surface area (Å²) in [6, 6.07) is 2.62. The van der Waals surface area contributed by atoms with Crippen LogP contribution in [-0.2, 0) is 4.74 Å². The van der Waals surface area contributed by atoms with Crippen LogP contribution in [0.1, 0.15) is 43.4 Å². The van der Waals surface area contributed by atoms with Gasteiger partial charge in [-0.25, -0.2) is 0 Å². The summed E-state index contributed by atoms with van der Waals surface area (Å²) in [6.45, 7) is 6.29. The Labute approximate surface area is 132 Å². The van der Waals surface area contributed by atoms with Crippen LogP contribution in [0.25, 0.3) is 0 Å². The Hall–Kier alpha value is -0.580. The minimum Gasteiger partial charge on any atom is -0.374 e. The number of nitrogens with zero attached hydrogens (tertiary/aromatic N) is 1. The molecule has 116 valence electrons. The molecular weight excluding hydrogens is 280 g/mol. The molecule has 0 amide bonds. The standard InChI is InChI=1S/C17H26N2OS/c1-3-19-16(15-4-7-18-11-13(15)2)14-5-8-20-17(10-14)6-9-21-12-17/h4,7,11,14,16,19H,3,5-6,8-10,12H2,1-2H3. The number of rotatable bonds is 4. The average molecular weight is 306 g/mol. The van der Waals surface area contributed by atoms with Gasteiger partial charge in [-0.1, -0.05) is 6.92 Å². The van der Waals surface area contributed by atoms with Gasteiger partial charge in [0.2, 0.25) is 0 Å². The number of thioether (sulfide) groups is 1. The molecule has 2 saturated heterocycles. The maximum absolute atomic E-state index is 6.19. The van der Waals surface area contributed by atoms with E-state index in [2.05, 4.69) is 42.0 Å². The third-order valence-corrected chi connectivity index (χ3v) is 6.12. The Balaban J connectivity index is 1.82. The Kier molecular flexibility index (Phi) is 4.87. The summed E-state index contributed by atoms with van der Waals surface area (Å²) in [4.78, 5) is 4.25. The topological polar surface area (TPSA) is 34.2 Å². The summed E-state index contributed by atoms with van der Waals surface area (Å²) in [7, 11) is 0. The van der Waals surface area contributed by atoms with E-state index in [0.29, 0.717) is 12.0 Å². The van der Waals surface area contributed by atoms with Gasteiger partial charge >= 0.3 is 0 Å². The zero-order valence-corrected chi connectivity index (χ0v) is 13.9. The molecule has 2 aliphatic heterocycles. The molecule has 2 fully saturated rings. The molecule has 0 aromatic carbocycles. The fourth-order valence-electron chi connectivity index (χ4n) is 3.80. The van der Waals surface area contributed by atoms with E-state index in [4.69, 9.17) is 4.74 Å². The lowest BCUT2D eigenvalue weighted by atomic mass is 9.78. The van der Waals surface area contributed by atoms with Crippen molar-refractivity contribution in [1.29, 1.82) is 0 Å². The van der Waals surface area contributed by atoms with Crippen LogP contribution >= 0.6 is 11.8 Å². The number of ether oxygens (including phenoxy) is 1. The minimum absolute atomic E-state index is 0.155. The van der Waals surface area contributed by atoms with Gasteiger partial charge in [0, 0.05) is 30.8 Å². The lowest BCUT2D eigenvalue weighted by Gasteiger charge is -2.41. The lowest BCUT2D eigenvalue weighted by Crippen LogP contribution is -2.44. The largest absolute Gasteiger partial charge is 0.374 e. The second kappa shape index (κ2) is 6.67. The molecule has 1 spiro atoms. The van der Waals surface area contributed by atoms with Gasteiger partial charge in [-0.3, -0.25) is 4.98 Å². The summed E-state index contributed by atoms with van der Waals surface area (Å²) >= 11 is 2.05. The SMILES string of the molecule is CCNC(c1ccncc1C)C1CCOC2(CCSC2)C1. The molecule has 1 N–H and O–H groups in total. The molecule has 3 unspecified atom stereocenters. The van der Waals surface area contributed by atoms with Crippen LogP contribution in [0, 0.1) is 12.8 Å². The number of aromatic nitrogens is 1. The quantitative estimate of drug-likeness (QED) is 0.925. The molecule has 3 atom stereocenters. The van der Waals surface area contributed by atoms with Crippen molar-refractivity contribution in [3.8, 4) is 0 Å². The van der Waals surface area contributed by atoms with Crippen LogP contribution in [0.15, 0.2) is 18.5 Å². The van der Waals surface area contributed by atoms with Crippen LogP contribution in [0.4, 0.5) is 0 Å². The molecule has 0 aliphatic carbocycles. The molecule has 4 heteroatoms. The summed E-state index contributed by atoms with van der Waals surface area (Å²) in [6.07, 6.45) is 7.49. The molecule has 0 radical (unpaired) electrons. The second-order valence-corrected chi connectivity index (χ2v) is 7.46. The number of pyridine rings is 1. The monoisotopic (exact) mass is 306 g/mol. The van der Waals surface area contributed by atoms with Gasteiger partial charge in [-0.15, -0.1) is 0 Å². The molecule has 1 aromatic rings. The summed E-state index contributed by atoms with van der Waals surface area (Å²) in [5.41, 5.74) is 2.87. The molecule has 3 nitrogen and oxygen atoms in total. The maximum atomic E-state index is 6.19. The van der Waals surface area contributed by atoms with Gasteiger partial charge in [0.05, 0.1) is 5.60 Å². The Morgan fingerprint density at radius 3 is 3.19 bits per heavy atom. The predicted octanol–water partition coefficient (Wildman–Crippen LogP) is 3.34. The molecule has 2 aliphatic rings. The van der Waals surface area contributed by atoms with Gasteiger partial charge < -0.3 is 10.1 Å². The zero-order valence-electron chi connectivity index (χ0n) is 13.1. The number of aryl methyl sites for hydroxylation is 1. The predicted molar refractivity (Wildman–Crippen MR) is 88.7 cm³/mol. The summed E-state index contributed by atoms with van der Waals surface area (Å²) in [5.74, 6) is 3.10. The Morgan fingerprint density at radius 1 is 1.57 bits per heavy atom. The summed E-state index contributed by atoms with van der Waals surface area (Å²) in [5, 5.41) is 3.73. The molecule has 21 heavy (non-hydrogen) atoms. The van der Waals surface area contributed by atoms with E-state index in [1.54, 1.807) is 0 Å². The third kappa shape index (κ3) is 3.27. The minimum atomic E-state index is 0.155. The van der Waals surface area contributed by atoms with Crippen LogP contribution in [0.3, 0.4) is 0 Å². The molecule has 1 aromatic heterocycles. The first-order chi connectivity index (χ1) is 10.2. The highest BCUT2D eigenvalue weighted by atomic mass is 32.2. The van der Waals surface area contributed by atoms with Gasteiger partial charge in [0.1, 0.15) is 0 Å². The second-order valence-electron chi connectivity index (χ2n) is 6.35. The van der Waals surface area contributed by atoms with Crippen molar-refractivity contribution in [3.05, 3.63) is 29.6 Å². The first-order valence-electron chi connectivity index (χ1n) is 8.10. The summed E-state index contributed by atoms with van der Waals surface area (Å²) < 4.78 is 6.19. The van der Waals surface area contributed by atoms with Crippen molar-refractivity contribution in [2.24, 2.45) is 5.92 Å². The lowest BCUT2D eigenvalue weighted by molar-refractivity contribution is -0.0853. The van der Waals surface area contributed by atoms with Gasteiger partial charge in [-0.05, 0) is 61.6 Å². The molecule has 0 bridgehead atoms. The van der Waals surface area contributed by atoms with Crippen molar-refractivity contribution in [2.75, 3.05) is 24.7 Å². The highest BCUT2D eigenvalue weighted by Gasteiger charge is 2.42. The molecular formula is C17H26N2OS.